The fourth-order valence-corrected chi connectivity index (χ4v) is 6.03. The van der Waals surface area contributed by atoms with Crippen molar-refractivity contribution in [1.82, 2.24) is 14.9 Å². The summed E-state index contributed by atoms with van der Waals surface area (Å²) < 4.78 is 0. The highest BCUT2D eigenvalue weighted by molar-refractivity contribution is 6.03. The first-order chi connectivity index (χ1) is 22.2. The number of nitrogens with two attached hydrogens (primary N) is 1. The zero-order valence-electron chi connectivity index (χ0n) is 25.8. The molecule has 4 atom stereocenters. The van der Waals surface area contributed by atoms with Gasteiger partial charge >= 0.3 is 17.9 Å². The molecule has 1 aliphatic carbocycles. The van der Waals surface area contributed by atoms with E-state index in [9.17, 15) is 39.0 Å². The number of benzene rings is 2. The van der Waals surface area contributed by atoms with Crippen molar-refractivity contribution in [2.45, 2.75) is 57.2 Å². The number of carboxylic acids is 3. The van der Waals surface area contributed by atoms with Crippen molar-refractivity contribution in [3.8, 4) is 12.3 Å². The zero-order chi connectivity index (χ0) is 34.6. The monoisotopic (exact) mass is 645 g/mol. The SMILES string of the molecule is C#CCN(c1ccccc1C(=O)N(C)[C@@H](CC(C(=O)O)C(=O)[C@@H](N)CCC(=O)O)C(=O)O)[C@@H]1CCc2cc3nc(C)[nH]c(=O)c3cc21. The highest BCUT2D eigenvalue weighted by Gasteiger charge is 2.39. The van der Waals surface area contributed by atoms with E-state index in [-0.39, 0.29) is 30.1 Å². The molecule has 1 heterocycles. The number of aromatic nitrogens is 2. The number of anilines is 1. The second kappa shape index (κ2) is 14.3. The Hall–Kier alpha value is -5.55. The van der Waals surface area contributed by atoms with Crippen molar-refractivity contribution in [3.05, 3.63) is 69.3 Å². The number of fused-ring (bicyclic) bond motifs is 2. The molecule has 0 aliphatic heterocycles. The van der Waals surface area contributed by atoms with Crippen LogP contribution >= 0.6 is 0 Å². The molecule has 0 saturated carbocycles. The maximum atomic E-state index is 14.0. The lowest BCUT2D eigenvalue weighted by Crippen LogP contribution is -2.48. The Morgan fingerprint density at radius 2 is 1.83 bits per heavy atom. The van der Waals surface area contributed by atoms with Crippen LogP contribution < -0.4 is 16.2 Å². The Labute approximate surface area is 269 Å². The molecule has 14 nitrogen and oxygen atoms in total. The average Bonchev–Trinajstić information content (AvgIpc) is 3.43. The molecule has 246 valence electrons. The largest absolute Gasteiger partial charge is 0.481 e. The summed E-state index contributed by atoms with van der Waals surface area (Å²) in [5.41, 5.74) is 8.31. The number of H-pyrrole nitrogens is 1. The number of amides is 1. The van der Waals surface area contributed by atoms with Gasteiger partial charge < -0.3 is 35.8 Å². The molecule has 2 aromatic carbocycles. The van der Waals surface area contributed by atoms with E-state index >= 15 is 0 Å². The predicted octanol–water partition coefficient (Wildman–Crippen LogP) is 1.74. The summed E-state index contributed by atoms with van der Waals surface area (Å²) in [5.74, 6) is -5.04. The van der Waals surface area contributed by atoms with Crippen LogP contribution in [0, 0.1) is 25.2 Å². The van der Waals surface area contributed by atoms with Gasteiger partial charge in [-0.25, -0.2) is 9.78 Å². The molecule has 0 radical (unpaired) electrons. The Kier molecular flexibility index (Phi) is 10.4. The third kappa shape index (κ3) is 7.31. The second-order valence-electron chi connectivity index (χ2n) is 11.5. The van der Waals surface area contributed by atoms with E-state index in [1.54, 1.807) is 31.2 Å². The molecule has 1 unspecified atom stereocenters. The smallest absolute Gasteiger partial charge is 0.326 e. The first-order valence-electron chi connectivity index (χ1n) is 14.8. The molecular weight excluding hydrogens is 610 g/mol. The number of nitrogens with zero attached hydrogens (tertiary/aromatic N) is 3. The predicted molar refractivity (Wildman–Crippen MR) is 170 cm³/mol. The maximum Gasteiger partial charge on any atom is 0.326 e. The summed E-state index contributed by atoms with van der Waals surface area (Å²) in [5, 5.41) is 29.1. The number of ketones is 1. The Bertz CT molecular complexity index is 1850. The van der Waals surface area contributed by atoms with Gasteiger partial charge in [0.15, 0.2) is 5.78 Å². The fraction of sp³-hybridized carbons (Fsp3) is 0.364. The van der Waals surface area contributed by atoms with Crippen molar-refractivity contribution in [1.29, 1.82) is 0 Å². The molecule has 0 fully saturated rings. The van der Waals surface area contributed by atoms with E-state index < -0.39 is 60.4 Å². The summed E-state index contributed by atoms with van der Waals surface area (Å²) in [4.78, 5) is 84.7. The van der Waals surface area contributed by atoms with Gasteiger partial charge in [-0.2, -0.15) is 0 Å². The lowest BCUT2D eigenvalue weighted by Gasteiger charge is -2.33. The molecule has 4 rings (SSSR count). The first kappa shape index (κ1) is 34.3. The first-order valence-corrected chi connectivity index (χ1v) is 14.8. The summed E-state index contributed by atoms with van der Waals surface area (Å²) in [6, 6.07) is 6.52. The normalized spacial score (nSPS) is 15.6. The van der Waals surface area contributed by atoms with Crippen LogP contribution in [0.5, 0.6) is 0 Å². The standard InChI is InChI=1S/C33H35N5O9/c1-4-13-38(26-11-9-18-14-24-21(15-20(18)26)30(42)36-17(2)35-24)25-8-6-5-7-19(25)31(43)37(3)27(33(46)47)16-22(32(44)45)29(41)23(34)10-12-28(39)40/h1,5-8,14-15,22-23,26-27H,9-13,16,34H2,2-3H3,(H,39,40)(H,44,45)(H,46,47)(H,35,36,42)/t22?,23-,26+,27-/m0/s1. The number of terminal acetylenes is 1. The minimum absolute atomic E-state index is 0.0604. The highest BCUT2D eigenvalue weighted by Crippen LogP contribution is 2.40. The number of likely N-dealkylation sites (N-methyl/N-ethyl adjacent to an activating group) is 1. The Balaban J connectivity index is 1.68. The fourth-order valence-electron chi connectivity index (χ4n) is 6.03. The number of Topliss-reactive ketones (excluding diaryl/α,β-unsaturated/α-hetero) is 1. The number of carbonyl (C=O) groups is 5. The molecule has 0 saturated heterocycles. The van der Waals surface area contributed by atoms with Gasteiger partial charge in [-0.05, 0) is 68.0 Å². The number of aliphatic carboxylic acids is 3. The molecule has 14 heteroatoms. The molecule has 47 heavy (non-hydrogen) atoms. The van der Waals surface area contributed by atoms with Crippen molar-refractivity contribution >= 4 is 46.2 Å². The van der Waals surface area contributed by atoms with Crippen LogP contribution in [0.2, 0.25) is 0 Å². The van der Waals surface area contributed by atoms with Gasteiger partial charge in [-0.3, -0.25) is 24.0 Å². The van der Waals surface area contributed by atoms with Gasteiger partial charge in [0.1, 0.15) is 17.8 Å². The summed E-state index contributed by atoms with van der Waals surface area (Å²) in [6.07, 6.45) is 5.41. The van der Waals surface area contributed by atoms with Crippen molar-refractivity contribution < 1.29 is 39.3 Å². The average molecular weight is 646 g/mol. The maximum absolute atomic E-state index is 14.0. The van der Waals surface area contributed by atoms with Crippen LogP contribution in [-0.2, 0) is 25.6 Å². The summed E-state index contributed by atoms with van der Waals surface area (Å²) in [6.45, 7) is 1.76. The van der Waals surface area contributed by atoms with Gasteiger partial charge in [0.2, 0.25) is 0 Å². The Morgan fingerprint density at radius 1 is 1.13 bits per heavy atom. The molecule has 0 spiro atoms. The van der Waals surface area contributed by atoms with E-state index in [4.69, 9.17) is 17.3 Å². The number of aryl methyl sites for hydroxylation is 2. The van der Waals surface area contributed by atoms with Gasteiger partial charge in [-0.15, -0.1) is 6.42 Å². The van der Waals surface area contributed by atoms with E-state index in [0.29, 0.717) is 35.3 Å². The van der Waals surface area contributed by atoms with Crippen LogP contribution in [0.3, 0.4) is 0 Å². The van der Waals surface area contributed by atoms with Crippen molar-refractivity contribution in [2.24, 2.45) is 11.7 Å². The highest BCUT2D eigenvalue weighted by atomic mass is 16.4. The molecule has 1 amide bonds. The van der Waals surface area contributed by atoms with Gasteiger partial charge in [0, 0.05) is 13.5 Å². The Morgan fingerprint density at radius 3 is 2.47 bits per heavy atom. The number of hydrogen-bond donors (Lipinski definition) is 5. The van der Waals surface area contributed by atoms with E-state index in [1.807, 2.05) is 11.0 Å². The number of hydrogen-bond acceptors (Lipinski definition) is 9. The van der Waals surface area contributed by atoms with E-state index in [2.05, 4.69) is 15.9 Å². The number of para-hydroxylation sites is 1. The van der Waals surface area contributed by atoms with Crippen LogP contribution in [0.1, 0.15) is 59.0 Å². The minimum Gasteiger partial charge on any atom is -0.481 e. The molecule has 3 aromatic rings. The van der Waals surface area contributed by atoms with E-state index in [1.165, 1.54) is 13.1 Å². The molecule has 0 bridgehead atoms. The minimum atomic E-state index is -1.91. The number of carboxylic acid groups (broad SMARTS) is 3. The number of rotatable bonds is 14. The third-order valence-electron chi connectivity index (χ3n) is 8.42. The van der Waals surface area contributed by atoms with Gasteiger partial charge in [0.25, 0.3) is 11.5 Å². The van der Waals surface area contributed by atoms with Gasteiger partial charge in [-0.1, -0.05) is 18.1 Å². The third-order valence-corrected chi connectivity index (χ3v) is 8.42. The van der Waals surface area contributed by atoms with E-state index in [0.717, 1.165) is 16.0 Å². The van der Waals surface area contributed by atoms with Crippen LogP contribution in [0.25, 0.3) is 10.9 Å². The number of aromatic amines is 1. The second-order valence-corrected chi connectivity index (χ2v) is 11.5. The zero-order valence-corrected chi connectivity index (χ0v) is 25.8. The van der Waals surface area contributed by atoms with Crippen molar-refractivity contribution in [2.75, 3.05) is 18.5 Å². The van der Waals surface area contributed by atoms with Crippen molar-refractivity contribution in [3.63, 3.8) is 0 Å². The molecule has 6 N–H and O–H groups in total. The number of nitrogens with one attached hydrogen (secondary N) is 1. The van der Waals surface area contributed by atoms with Crippen LogP contribution in [0.15, 0.2) is 41.2 Å². The molecular formula is C33H35N5O9. The topological polar surface area (TPSA) is 224 Å². The quantitative estimate of drug-likeness (QED) is 0.125. The summed E-state index contributed by atoms with van der Waals surface area (Å²) in [7, 11) is 1.19. The van der Waals surface area contributed by atoms with Crippen LogP contribution in [-0.4, -0.2) is 85.5 Å². The summed E-state index contributed by atoms with van der Waals surface area (Å²) >= 11 is 0. The lowest BCUT2D eigenvalue weighted by atomic mass is 9.89. The van der Waals surface area contributed by atoms with Crippen LogP contribution in [0.4, 0.5) is 5.69 Å². The lowest BCUT2D eigenvalue weighted by molar-refractivity contribution is -0.149. The number of carbonyl (C=O) groups excluding carboxylic acids is 2. The van der Waals surface area contributed by atoms with Gasteiger partial charge in [0.05, 0.1) is 40.8 Å². The molecule has 1 aromatic heterocycles. The molecule has 1 aliphatic rings.